The first-order valence-corrected chi connectivity index (χ1v) is 14.4. The highest BCUT2D eigenvalue weighted by molar-refractivity contribution is 8.00. The third-order valence-corrected chi connectivity index (χ3v) is 8.92. The van der Waals surface area contributed by atoms with Gasteiger partial charge in [-0.3, -0.25) is 14.3 Å². The summed E-state index contributed by atoms with van der Waals surface area (Å²) in [6, 6.07) is 25.5. The lowest BCUT2D eigenvalue weighted by molar-refractivity contribution is -0.115. The van der Waals surface area contributed by atoms with E-state index in [0.717, 1.165) is 31.7 Å². The molecule has 0 N–H and O–H groups in total. The number of ether oxygens (including phenoxy) is 2. The molecule has 0 aliphatic carbocycles. The molecular formula is C28H22N4O3S3. The number of thiophene rings is 1. The molecule has 3 heterocycles. The van der Waals surface area contributed by atoms with Gasteiger partial charge in [-0.2, -0.15) is 0 Å². The molecule has 2 aromatic heterocycles. The fraction of sp³-hybridized carbons (Fsp3) is 0.107. The van der Waals surface area contributed by atoms with E-state index in [4.69, 9.17) is 9.47 Å². The number of para-hydroxylation sites is 2. The van der Waals surface area contributed by atoms with Gasteiger partial charge in [0.15, 0.2) is 11.0 Å². The Morgan fingerprint density at radius 3 is 2.26 bits per heavy atom. The summed E-state index contributed by atoms with van der Waals surface area (Å²) in [7, 11) is 3.25. The monoisotopic (exact) mass is 558 g/mol. The van der Waals surface area contributed by atoms with Crippen LogP contribution in [0.5, 0.6) is 11.5 Å². The average molecular weight is 559 g/mol. The number of aromatic nitrogens is 3. The quantitative estimate of drug-likeness (QED) is 0.201. The molecule has 5 aromatic rings. The molecule has 1 amide bonds. The maximum absolute atomic E-state index is 13.8. The lowest BCUT2D eigenvalue weighted by Crippen LogP contribution is -2.30. The normalized spacial score (nSPS) is 12.1. The molecule has 190 valence electrons. The first kappa shape index (κ1) is 24.6. The molecule has 0 saturated heterocycles. The van der Waals surface area contributed by atoms with Crippen molar-refractivity contribution in [2.75, 3.05) is 24.9 Å². The Bertz CT molecular complexity index is 1570. The van der Waals surface area contributed by atoms with E-state index in [1.165, 1.54) is 11.8 Å². The third-order valence-electron chi connectivity index (χ3n) is 6.01. The Kier molecular flexibility index (Phi) is 6.84. The van der Waals surface area contributed by atoms with Crippen LogP contribution in [-0.4, -0.2) is 40.6 Å². The van der Waals surface area contributed by atoms with Gasteiger partial charge in [-0.05, 0) is 47.8 Å². The van der Waals surface area contributed by atoms with Crippen LogP contribution in [0.4, 0.5) is 11.4 Å². The highest BCUT2D eigenvalue weighted by atomic mass is 32.2. The molecule has 0 atom stereocenters. The van der Waals surface area contributed by atoms with Crippen molar-refractivity contribution in [3.63, 3.8) is 0 Å². The van der Waals surface area contributed by atoms with Crippen molar-refractivity contribution in [1.82, 2.24) is 14.8 Å². The number of carbonyl (C=O) groups is 1. The average Bonchev–Trinajstić information content (AvgIpc) is 3.64. The molecule has 0 unspecified atom stereocenters. The van der Waals surface area contributed by atoms with Gasteiger partial charge in [0.1, 0.15) is 11.5 Å². The van der Waals surface area contributed by atoms with Gasteiger partial charge in [0.05, 0.1) is 41.9 Å². The number of thioether (sulfide) groups is 1. The van der Waals surface area contributed by atoms with Gasteiger partial charge in [0, 0.05) is 15.9 Å². The molecule has 0 bridgehead atoms. The minimum Gasteiger partial charge on any atom is -0.497 e. The molecule has 0 radical (unpaired) electrons. The first-order chi connectivity index (χ1) is 18.7. The Morgan fingerprint density at radius 1 is 0.868 bits per heavy atom. The number of hydrogen-bond acceptors (Lipinski definition) is 8. The second-order valence-electron chi connectivity index (χ2n) is 8.21. The lowest BCUT2D eigenvalue weighted by Gasteiger charge is -2.30. The molecule has 1 aliphatic rings. The third kappa shape index (κ3) is 4.44. The van der Waals surface area contributed by atoms with Crippen molar-refractivity contribution in [1.29, 1.82) is 0 Å². The minimum absolute atomic E-state index is 0.0416. The minimum atomic E-state index is -0.0416. The Hall–Kier alpha value is -3.73. The highest BCUT2D eigenvalue weighted by Crippen LogP contribution is 2.48. The van der Waals surface area contributed by atoms with Crippen molar-refractivity contribution in [2.45, 2.75) is 14.9 Å². The molecule has 10 heteroatoms. The molecular weight excluding hydrogens is 537 g/mol. The van der Waals surface area contributed by atoms with E-state index < -0.39 is 0 Å². The SMILES string of the molecule is COc1ccc(OC)c(-n2c(SCC(=O)N3c4ccccc4Sc4ccccc43)nnc2-c2cccs2)c1. The van der Waals surface area contributed by atoms with Crippen LogP contribution in [0.25, 0.3) is 16.4 Å². The van der Waals surface area contributed by atoms with E-state index in [9.17, 15) is 4.79 Å². The smallest absolute Gasteiger partial charge is 0.242 e. The second-order valence-corrected chi connectivity index (χ2v) is 11.2. The van der Waals surface area contributed by atoms with E-state index in [2.05, 4.69) is 10.2 Å². The fourth-order valence-electron chi connectivity index (χ4n) is 4.28. The van der Waals surface area contributed by atoms with Crippen LogP contribution in [0.2, 0.25) is 0 Å². The van der Waals surface area contributed by atoms with Crippen molar-refractivity contribution in [3.05, 3.63) is 84.2 Å². The molecule has 0 spiro atoms. The number of anilines is 2. The molecule has 7 nitrogen and oxygen atoms in total. The van der Waals surface area contributed by atoms with E-state index in [0.29, 0.717) is 22.5 Å². The van der Waals surface area contributed by atoms with Gasteiger partial charge in [-0.1, -0.05) is 53.9 Å². The number of methoxy groups -OCH3 is 2. The first-order valence-electron chi connectivity index (χ1n) is 11.7. The predicted molar refractivity (Wildman–Crippen MR) is 153 cm³/mol. The summed E-state index contributed by atoms with van der Waals surface area (Å²) in [5.41, 5.74) is 2.51. The molecule has 1 aliphatic heterocycles. The van der Waals surface area contributed by atoms with Crippen molar-refractivity contribution in [3.8, 4) is 27.9 Å². The summed E-state index contributed by atoms with van der Waals surface area (Å²) >= 11 is 4.59. The summed E-state index contributed by atoms with van der Waals surface area (Å²) in [6.45, 7) is 0. The van der Waals surface area contributed by atoms with Crippen molar-refractivity contribution in [2.24, 2.45) is 0 Å². The van der Waals surface area contributed by atoms with Crippen LogP contribution < -0.4 is 14.4 Å². The molecule has 0 fully saturated rings. The number of carbonyl (C=O) groups excluding carboxylic acids is 1. The van der Waals surface area contributed by atoms with Crippen LogP contribution in [0.15, 0.2) is 99.2 Å². The van der Waals surface area contributed by atoms with Crippen LogP contribution >= 0.6 is 34.9 Å². The fourth-order valence-corrected chi connectivity index (χ4v) is 6.83. The number of fused-ring (bicyclic) bond motifs is 2. The summed E-state index contributed by atoms with van der Waals surface area (Å²) in [5.74, 6) is 2.12. The Balaban J connectivity index is 1.38. The summed E-state index contributed by atoms with van der Waals surface area (Å²) < 4.78 is 13.1. The second kappa shape index (κ2) is 10.6. The summed E-state index contributed by atoms with van der Waals surface area (Å²) in [6.07, 6.45) is 0. The number of rotatable bonds is 7. The lowest BCUT2D eigenvalue weighted by atomic mass is 10.2. The molecule has 3 aromatic carbocycles. The van der Waals surface area contributed by atoms with Gasteiger partial charge in [-0.25, -0.2) is 0 Å². The number of benzene rings is 3. The van der Waals surface area contributed by atoms with Crippen LogP contribution in [0, 0.1) is 0 Å². The maximum Gasteiger partial charge on any atom is 0.242 e. The van der Waals surface area contributed by atoms with Gasteiger partial charge in [-0.15, -0.1) is 21.5 Å². The van der Waals surface area contributed by atoms with Crippen LogP contribution in [0.3, 0.4) is 0 Å². The largest absolute Gasteiger partial charge is 0.497 e. The van der Waals surface area contributed by atoms with E-state index in [1.807, 2.05) is 88.8 Å². The standard InChI is InChI=1S/C28H22N4O3S3/c1-34-18-13-14-22(35-2)21(16-18)32-27(25-12-7-15-36-25)29-30-28(32)37-17-26(33)31-19-8-3-5-10-23(19)38-24-11-6-4-9-20(24)31/h3-16H,17H2,1-2H3. The number of amides is 1. The maximum atomic E-state index is 13.8. The van der Waals surface area contributed by atoms with Gasteiger partial charge in [0.25, 0.3) is 0 Å². The Labute approximate surface area is 232 Å². The Morgan fingerprint density at radius 2 is 1.61 bits per heavy atom. The topological polar surface area (TPSA) is 69.5 Å². The van der Waals surface area contributed by atoms with Crippen molar-refractivity contribution >= 4 is 52.1 Å². The molecule has 0 saturated carbocycles. The van der Waals surface area contributed by atoms with Gasteiger partial charge >= 0.3 is 0 Å². The van der Waals surface area contributed by atoms with Gasteiger partial charge < -0.3 is 9.47 Å². The van der Waals surface area contributed by atoms with Crippen LogP contribution in [0.1, 0.15) is 0 Å². The highest BCUT2D eigenvalue weighted by Gasteiger charge is 2.29. The zero-order valence-corrected chi connectivity index (χ0v) is 23.0. The zero-order chi connectivity index (χ0) is 26.1. The molecule has 38 heavy (non-hydrogen) atoms. The zero-order valence-electron chi connectivity index (χ0n) is 20.5. The van der Waals surface area contributed by atoms with E-state index in [1.54, 1.807) is 42.2 Å². The van der Waals surface area contributed by atoms with E-state index >= 15 is 0 Å². The van der Waals surface area contributed by atoms with Crippen molar-refractivity contribution < 1.29 is 14.3 Å². The summed E-state index contributed by atoms with van der Waals surface area (Å²) in [4.78, 5) is 18.7. The summed E-state index contributed by atoms with van der Waals surface area (Å²) in [5, 5.41) is 11.6. The number of hydrogen-bond donors (Lipinski definition) is 0. The van der Waals surface area contributed by atoms with Crippen LogP contribution in [-0.2, 0) is 4.79 Å². The predicted octanol–water partition coefficient (Wildman–Crippen LogP) is 6.93. The molecule has 6 rings (SSSR count). The number of nitrogens with zero attached hydrogens (tertiary/aromatic N) is 4. The van der Waals surface area contributed by atoms with Gasteiger partial charge in [0.2, 0.25) is 5.91 Å². The van der Waals surface area contributed by atoms with E-state index in [-0.39, 0.29) is 11.7 Å².